The van der Waals surface area contributed by atoms with Crippen LogP contribution in [0.4, 0.5) is 0 Å². The maximum absolute atomic E-state index is 10.1. The van der Waals surface area contributed by atoms with E-state index in [1.165, 1.54) is 0 Å². The second-order valence-corrected chi connectivity index (χ2v) is 9.97. The van der Waals surface area contributed by atoms with E-state index in [0.29, 0.717) is 0 Å². The summed E-state index contributed by atoms with van der Waals surface area (Å²) in [6, 6.07) is 0.890. The van der Waals surface area contributed by atoms with Crippen molar-refractivity contribution in [2.45, 2.75) is 32.0 Å². The van der Waals surface area contributed by atoms with Crippen LogP contribution < -0.4 is 0 Å². The predicted octanol–water partition coefficient (Wildman–Crippen LogP) is 2.72. The molecule has 0 fully saturated rings. The summed E-state index contributed by atoms with van der Waals surface area (Å²) in [5, 5.41) is 8.28. The number of hydrogen-bond acceptors (Lipinski definition) is 1. The number of hydrogen-bond donors (Lipinski definition) is 1. The zero-order chi connectivity index (χ0) is 8.20. The zero-order valence-corrected chi connectivity index (χ0v) is 9.34. The Labute approximate surface area is 79.1 Å². The van der Waals surface area contributed by atoms with E-state index in [-0.39, 0.29) is 18.8 Å². The number of rotatable bonds is 4. The first-order valence-electron chi connectivity index (χ1n) is 3.32. The Morgan fingerprint density at radius 2 is 2.00 bits per heavy atom. The van der Waals surface area contributed by atoms with Crippen molar-refractivity contribution in [3.05, 3.63) is 0 Å². The first-order chi connectivity index (χ1) is 4.42. The molecule has 0 aliphatic carbocycles. The third-order valence-corrected chi connectivity index (χ3v) is 3.27. The monoisotopic (exact) mass is 216 g/mol. The van der Waals surface area contributed by atoms with Gasteiger partial charge in [0.2, 0.25) is 0 Å². The molecular weight excluding hydrogens is 203 g/mol. The molecule has 0 aromatic heterocycles. The molecule has 0 aliphatic heterocycles. The van der Waals surface area contributed by atoms with Crippen molar-refractivity contribution in [3.8, 4) is 0 Å². The summed E-state index contributed by atoms with van der Waals surface area (Å²) >= 11 is 5.96. The van der Waals surface area contributed by atoms with Crippen LogP contribution in [0.3, 0.4) is 0 Å². The Hall–Kier alpha value is 0.267. The van der Waals surface area contributed by atoms with Gasteiger partial charge in [-0.05, 0) is 12.5 Å². The molecule has 0 heterocycles. The molecular formula is C6H14Cl2O2Si. The highest BCUT2D eigenvalue weighted by atomic mass is 35.6. The highest BCUT2D eigenvalue weighted by Crippen LogP contribution is 2.17. The van der Waals surface area contributed by atoms with E-state index in [1.807, 2.05) is 13.1 Å². The van der Waals surface area contributed by atoms with Crippen molar-refractivity contribution >= 4 is 36.8 Å². The normalized spacial score (nSPS) is 10.5. The third-order valence-electron chi connectivity index (χ3n) is 1.16. The van der Waals surface area contributed by atoms with Gasteiger partial charge in [-0.3, -0.25) is 4.79 Å². The topological polar surface area (TPSA) is 37.3 Å². The predicted molar refractivity (Wildman–Crippen MR) is 52.3 cm³/mol. The quantitative estimate of drug-likeness (QED) is 0.580. The van der Waals surface area contributed by atoms with E-state index in [4.69, 9.17) is 16.2 Å². The van der Waals surface area contributed by atoms with Gasteiger partial charge in [0.15, 0.2) is 7.38 Å². The van der Waals surface area contributed by atoms with Gasteiger partial charge in [-0.2, -0.15) is 11.1 Å². The fourth-order valence-corrected chi connectivity index (χ4v) is 2.08. The molecule has 0 atom stereocenters. The SMILES string of the molecule is C[Si](C)(Cl)CCCC(=O)O.Cl. The number of aliphatic carboxylic acids is 1. The Kier molecular flexibility index (Phi) is 7.37. The van der Waals surface area contributed by atoms with Gasteiger partial charge >= 0.3 is 5.97 Å². The largest absolute Gasteiger partial charge is 0.481 e. The summed E-state index contributed by atoms with van der Waals surface area (Å²) in [4.78, 5) is 10.1. The number of carbonyl (C=O) groups is 1. The van der Waals surface area contributed by atoms with Gasteiger partial charge in [0.25, 0.3) is 0 Å². The molecule has 0 radical (unpaired) electrons. The molecule has 0 amide bonds. The highest BCUT2D eigenvalue weighted by Gasteiger charge is 2.16. The Morgan fingerprint density at radius 3 is 2.27 bits per heavy atom. The molecule has 0 spiro atoms. The lowest BCUT2D eigenvalue weighted by Crippen LogP contribution is -2.15. The molecule has 1 N–H and O–H groups in total. The molecule has 68 valence electrons. The van der Waals surface area contributed by atoms with Gasteiger partial charge in [0, 0.05) is 6.42 Å². The molecule has 0 aromatic carbocycles. The van der Waals surface area contributed by atoms with Crippen molar-refractivity contribution < 1.29 is 9.90 Å². The number of carboxylic acids is 1. The molecule has 0 unspecified atom stereocenters. The molecule has 0 aromatic rings. The summed E-state index contributed by atoms with van der Waals surface area (Å²) in [5.74, 6) is -0.727. The van der Waals surface area contributed by atoms with Crippen LogP contribution in [0.25, 0.3) is 0 Å². The summed E-state index contributed by atoms with van der Waals surface area (Å²) in [6.45, 7) is 4.05. The first kappa shape index (κ1) is 13.8. The van der Waals surface area contributed by atoms with Crippen molar-refractivity contribution in [3.63, 3.8) is 0 Å². The number of carboxylic acid groups (broad SMARTS) is 1. The van der Waals surface area contributed by atoms with E-state index in [1.54, 1.807) is 0 Å². The van der Waals surface area contributed by atoms with Gasteiger partial charge in [0.05, 0.1) is 0 Å². The van der Waals surface area contributed by atoms with Crippen LogP contribution >= 0.6 is 23.5 Å². The Morgan fingerprint density at radius 1 is 1.55 bits per heavy atom. The van der Waals surface area contributed by atoms with Gasteiger partial charge < -0.3 is 5.11 Å². The minimum absolute atomic E-state index is 0. The first-order valence-corrected chi connectivity index (χ1v) is 7.54. The molecule has 0 rings (SSSR count). The van der Waals surface area contributed by atoms with Crippen LogP contribution in [0, 0.1) is 0 Å². The standard InChI is InChI=1S/C6H13ClO2Si.ClH/c1-10(2,7)5-3-4-6(8)9;/h3-5H2,1-2H3,(H,8,9);1H. The van der Waals surface area contributed by atoms with E-state index in [0.717, 1.165) is 12.5 Å². The van der Waals surface area contributed by atoms with Gasteiger partial charge in [-0.15, -0.1) is 12.4 Å². The molecule has 0 aliphatic rings. The van der Waals surface area contributed by atoms with Crippen LogP contribution in [0.1, 0.15) is 12.8 Å². The maximum atomic E-state index is 10.1. The van der Waals surface area contributed by atoms with Crippen LogP contribution in [0.5, 0.6) is 0 Å². The van der Waals surface area contributed by atoms with E-state index < -0.39 is 13.4 Å². The number of halogens is 2. The molecule has 2 nitrogen and oxygen atoms in total. The van der Waals surface area contributed by atoms with Crippen molar-refractivity contribution in [1.29, 1.82) is 0 Å². The minimum Gasteiger partial charge on any atom is -0.481 e. The molecule has 11 heavy (non-hydrogen) atoms. The second-order valence-electron chi connectivity index (χ2n) is 2.97. The van der Waals surface area contributed by atoms with Gasteiger partial charge in [-0.1, -0.05) is 13.1 Å². The molecule has 5 heteroatoms. The zero-order valence-electron chi connectivity index (χ0n) is 6.76. The van der Waals surface area contributed by atoms with Crippen LogP contribution in [0.2, 0.25) is 19.1 Å². The fourth-order valence-electron chi connectivity index (χ4n) is 0.660. The van der Waals surface area contributed by atoms with Crippen LogP contribution in [-0.4, -0.2) is 18.5 Å². The Balaban J connectivity index is 0. The minimum atomic E-state index is -1.52. The van der Waals surface area contributed by atoms with Crippen LogP contribution in [0.15, 0.2) is 0 Å². The smallest absolute Gasteiger partial charge is 0.303 e. The van der Waals surface area contributed by atoms with Crippen molar-refractivity contribution in [2.24, 2.45) is 0 Å². The van der Waals surface area contributed by atoms with Gasteiger partial charge in [0.1, 0.15) is 0 Å². The summed E-state index contributed by atoms with van der Waals surface area (Å²) in [7, 11) is -1.52. The van der Waals surface area contributed by atoms with Crippen LogP contribution in [-0.2, 0) is 4.79 Å². The lowest BCUT2D eigenvalue weighted by atomic mass is 10.3. The third kappa shape index (κ3) is 13.3. The van der Waals surface area contributed by atoms with Crippen molar-refractivity contribution in [2.75, 3.05) is 0 Å². The average molecular weight is 217 g/mol. The second kappa shape index (κ2) is 5.86. The highest BCUT2D eigenvalue weighted by molar-refractivity contribution is 7.19. The van der Waals surface area contributed by atoms with Gasteiger partial charge in [-0.25, -0.2) is 0 Å². The summed E-state index contributed by atoms with van der Waals surface area (Å²) in [6.07, 6.45) is 0.973. The van der Waals surface area contributed by atoms with E-state index in [9.17, 15) is 4.79 Å². The summed E-state index contributed by atoms with van der Waals surface area (Å²) in [5.41, 5.74) is 0. The van der Waals surface area contributed by atoms with E-state index >= 15 is 0 Å². The maximum Gasteiger partial charge on any atom is 0.303 e. The molecule has 0 bridgehead atoms. The van der Waals surface area contributed by atoms with Crippen molar-refractivity contribution in [1.82, 2.24) is 0 Å². The fraction of sp³-hybridized carbons (Fsp3) is 0.833. The lowest BCUT2D eigenvalue weighted by molar-refractivity contribution is -0.137. The molecule has 0 saturated heterocycles. The average Bonchev–Trinajstić information content (AvgIpc) is 1.59. The summed E-state index contributed by atoms with van der Waals surface area (Å²) < 4.78 is 0. The van der Waals surface area contributed by atoms with E-state index in [2.05, 4.69) is 0 Å². The Bertz CT molecular complexity index is 122. The lowest BCUT2D eigenvalue weighted by Gasteiger charge is -2.10. The molecule has 0 saturated carbocycles.